The van der Waals surface area contributed by atoms with Crippen LogP contribution in [-0.2, 0) is 11.2 Å². The highest BCUT2D eigenvalue weighted by Crippen LogP contribution is 2.29. The molecule has 0 aliphatic heterocycles. The van der Waals surface area contributed by atoms with E-state index in [9.17, 15) is 9.90 Å². The molecule has 112 valence electrons. The first kappa shape index (κ1) is 15.3. The summed E-state index contributed by atoms with van der Waals surface area (Å²) >= 11 is 0. The Morgan fingerprint density at radius 2 is 2.19 bits per heavy atom. The Bertz CT molecular complexity index is 531. The average molecular weight is 288 g/mol. The lowest BCUT2D eigenvalue weighted by molar-refractivity contribution is -0.122. The van der Waals surface area contributed by atoms with E-state index in [0.29, 0.717) is 5.75 Å². The van der Waals surface area contributed by atoms with Gasteiger partial charge in [-0.25, -0.2) is 0 Å². The monoisotopic (exact) mass is 288 g/mol. The molecule has 0 atom stereocenters. The lowest BCUT2D eigenvalue weighted by Gasteiger charge is -2.28. The SMILES string of the molecule is N#CCOc1cccc(CC(=O)NC2(CO)CCCC2)c1. The lowest BCUT2D eigenvalue weighted by atomic mass is 9.98. The first-order valence-electron chi connectivity index (χ1n) is 7.18. The molecule has 0 spiro atoms. The molecule has 2 N–H and O–H groups in total. The van der Waals surface area contributed by atoms with Gasteiger partial charge in [-0.05, 0) is 30.5 Å². The summed E-state index contributed by atoms with van der Waals surface area (Å²) in [4.78, 5) is 12.1. The molecule has 0 bridgehead atoms. The molecular weight excluding hydrogens is 268 g/mol. The van der Waals surface area contributed by atoms with Crippen LogP contribution < -0.4 is 10.1 Å². The molecular formula is C16H20N2O3. The summed E-state index contributed by atoms with van der Waals surface area (Å²) < 4.78 is 5.22. The highest BCUT2D eigenvalue weighted by molar-refractivity contribution is 5.79. The van der Waals surface area contributed by atoms with Crippen LogP contribution in [0.1, 0.15) is 31.2 Å². The number of amides is 1. The van der Waals surface area contributed by atoms with Gasteiger partial charge in [0.15, 0.2) is 6.61 Å². The maximum absolute atomic E-state index is 12.1. The molecule has 0 radical (unpaired) electrons. The second kappa shape index (κ2) is 7.09. The fraction of sp³-hybridized carbons (Fsp3) is 0.500. The van der Waals surface area contributed by atoms with Crippen LogP contribution in [0.4, 0.5) is 0 Å². The Morgan fingerprint density at radius 3 is 2.86 bits per heavy atom. The van der Waals surface area contributed by atoms with Gasteiger partial charge in [0.25, 0.3) is 0 Å². The molecule has 21 heavy (non-hydrogen) atoms. The maximum Gasteiger partial charge on any atom is 0.224 e. The van der Waals surface area contributed by atoms with Crippen molar-refractivity contribution in [2.75, 3.05) is 13.2 Å². The molecule has 1 aliphatic rings. The molecule has 1 aromatic carbocycles. The molecule has 1 fully saturated rings. The normalized spacial score (nSPS) is 16.2. The quantitative estimate of drug-likeness (QED) is 0.832. The van der Waals surface area contributed by atoms with Crippen molar-refractivity contribution in [3.8, 4) is 11.8 Å². The number of nitriles is 1. The van der Waals surface area contributed by atoms with E-state index in [0.717, 1.165) is 31.2 Å². The van der Waals surface area contributed by atoms with E-state index in [1.54, 1.807) is 18.2 Å². The van der Waals surface area contributed by atoms with E-state index in [1.165, 1.54) is 0 Å². The van der Waals surface area contributed by atoms with Gasteiger partial charge in [0.1, 0.15) is 11.8 Å². The smallest absolute Gasteiger partial charge is 0.224 e. The Hall–Kier alpha value is -2.06. The molecule has 2 rings (SSSR count). The third kappa shape index (κ3) is 4.20. The second-order valence-electron chi connectivity index (χ2n) is 5.46. The standard InChI is InChI=1S/C16H20N2O3/c17-8-9-21-14-5-3-4-13(10-14)11-15(20)18-16(12-19)6-1-2-7-16/h3-5,10,19H,1-2,6-7,9,11-12H2,(H,18,20). The summed E-state index contributed by atoms with van der Waals surface area (Å²) in [5.74, 6) is 0.489. The number of carbonyl (C=O) groups is 1. The Morgan fingerprint density at radius 1 is 1.43 bits per heavy atom. The van der Waals surface area contributed by atoms with Crippen molar-refractivity contribution in [2.24, 2.45) is 0 Å². The molecule has 1 aliphatic carbocycles. The van der Waals surface area contributed by atoms with Crippen LogP contribution in [-0.4, -0.2) is 29.8 Å². The zero-order valence-electron chi connectivity index (χ0n) is 12.0. The van der Waals surface area contributed by atoms with E-state index < -0.39 is 5.54 Å². The number of ether oxygens (including phenoxy) is 1. The van der Waals surface area contributed by atoms with Gasteiger partial charge < -0.3 is 15.2 Å². The first-order valence-corrected chi connectivity index (χ1v) is 7.18. The summed E-state index contributed by atoms with van der Waals surface area (Å²) in [7, 11) is 0. The van der Waals surface area contributed by atoms with Gasteiger partial charge in [-0.2, -0.15) is 5.26 Å². The van der Waals surface area contributed by atoms with Gasteiger partial charge in [0, 0.05) is 0 Å². The van der Waals surface area contributed by atoms with E-state index in [4.69, 9.17) is 10.00 Å². The van der Waals surface area contributed by atoms with Crippen LogP contribution in [0.3, 0.4) is 0 Å². The third-order valence-electron chi connectivity index (χ3n) is 3.83. The number of hydrogen-bond donors (Lipinski definition) is 2. The molecule has 5 heteroatoms. The molecule has 0 unspecified atom stereocenters. The minimum Gasteiger partial charge on any atom is -0.479 e. The van der Waals surface area contributed by atoms with Crippen LogP contribution in [0.2, 0.25) is 0 Å². The van der Waals surface area contributed by atoms with E-state index >= 15 is 0 Å². The van der Waals surface area contributed by atoms with Gasteiger partial charge in [-0.15, -0.1) is 0 Å². The highest BCUT2D eigenvalue weighted by atomic mass is 16.5. The molecule has 1 saturated carbocycles. The number of carbonyl (C=O) groups excluding carboxylic acids is 1. The number of benzene rings is 1. The maximum atomic E-state index is 12.1. The number of nitrogens with one attached hydrogen (secondary N) is 1. The topological polar surface area (TPSA) is 82.3 Å². The van der Waals surface area contributed by atoms with Crippen LogP contribution in [0, 0.1) is 11.3 Å². The van der Waals surface area contributed by atoms with Crippen molar-refractivity contribution in [1.29, 1.82) is 5.26 Å². The van der Waals surface area contributed by atoms with Gasteiger partial charge in [0.05, 0.1) is 18.6 Å². The predicted molar refractivity (Wildman–Crippen MR) is 77.7 cm³/mol. The van der Waals surface area contributed by atoms with Crippen molar-refractivity contribution >= 4 is 5.91 Å². The van der Waals surface area contributed by atoms with Gasteiger partial charge in [-0.1, -0.05) is 25.0 Å². The summed E-state index contributed by atoms with van der Waals surface area (Å²) in [6.07, 6.45) is 3.99. The van der Waals surface area contributed by atoms with Crippen LogP contribution in [0.15, 0.2) is 24.3 Å². The van der Waals surface area contributed by atoms with E-state index in [2.05, 4.69) is 5.32 Å². The predicted octanol–water partition coefficient (Wildman–Crippen LogP) is 1.55. The Balaban J connectivity index is 1.94. The van der Waals surface area contributed by atoms with Crippen molar-refractivity contribution < 1.29 is 14.6 Å². The zero-order chi connectivity index (χ0) is 15.1. The lowest BCUT2D eigenvalue weighted by Crippen LogP contribution is -2.49. The van der Waals surface area contributed by atoms with Gasteiger partial charge >= 0.3 is 0 Å². The van der Waals surface area contributed by atoms with Crippen molar-refractivity contribution in [2.45, 2.75) is 37.6 Å². The van der Waals surface area contributed by atoms with Crippen molar-refractivity contribution in [3.05, 3.63) is 29.8 Å². The molecule has 5 nitrogen and oxygen atoms in total. The number of hydrogen-bond acceptors (Lipinski definition) is 4. The minimum absolute atomic E-state index is 0.00986. The summed E-state index contributed by atoms with van der Waals surface area (Å²) in [6, 6.07) is 9.07. The largest absolute Gasteiger partial charge is 0.479 e. The third-order valence-corrected chi connectivity index (χ3v) is 3.83. The van der Waals surface area contributed by atoms with Crippen LogP contribution >= 0.6 is 0 Å². The van der Waals surface area contributed by atoms with E-state index in [-0.39, 0.29) is 25.5 Å². The fourth-order valence-electron chi connectivity index (χ4n) is 2.76. The minimum atomic E-state index is -0.438. The first-order chi connectivity index (χ1) is 10.2. The number of rotatable bonds is 6. The molecule has 1 amide bonds. The number of aliphatic hydroxyl groups excluding tert-OH is 1. The summed E-state index contributed by atoms with van der Waals surface area (Å²) in [5.41, 5.74) is 0.389. The van der Waals surface area contributed by atoms with Crippen LogP contribution in [0.5, 0.6) is 5.75 Å². The molecule has 0 aromatic heterocycles. The Kier molecular flexibility index (Phi) is 5.18. The van der Waals surface area contributed by atoms with E-state index in [1.807, 2.05) is 12.1 Å². The van der Waals surface area contributed by atoms with Gasteiger partial charge in [0.2, 0.25) is 5.91 Å². The van der Waals surface area contributed by atoms with Crippen LogP contribution in [0.25, 0.3) is 0 Å². The summed E-state index contributed by atoms with van der Waals surface area (Å²) in [5, 5.41) is 21.0. The Labute approximate surface area is 124 Å². The number of aliphatic hydroxyl groups is 1. The average Bonchev–Trinajstić information content (AvgIpc) is 2.94. The number of nitrogens with zero attached hydrogens (tertiary/aromatic N) is 1. The second-order valence-corrected chi connectivity index (χ2v) is 5.46. The van der Waals surface area contributed by atoms with Crippen molar-refractivity contribution in [1.82, 2.24) is 5.32 Å². The molecule has 1 aromatic rings. The summed E-state index contributed by atoms with van der Waals surface area (Å²) in [6.45, 7) is -0.0205. The molecule has 0 saturated heterocycles. The van der Waals surface area contributed by atoms with Crippen molar-refractivity contribution in [3.63, 3.8) is 0 Å². The fourth-order valence-corrected chi connectivity index (χ4v) is 2.76. The molecule has 0 heterocycles. The highest BCUT2D eigenvalue weighted by Gasteiger charge is 2.34. The zero-order valence-corrected chi connectivity index (χ0v) is 12.0. The van der Waals surface area contributed by atoms with Gasteiger partial charge in [-0.3, -0.25) is 4.79 Å².